The Labute approximate surface area is 79.2 Å². The van der Waals surface area contributed by atoms with Crippen molar-refractivity contribution in [2.45, 2.75) is 12.2 Å². The molecule has 1 atom stereocenters. The highest BCUT2D eigenvalue weighted by molar-refractivity contribution is 4.53. The summed E-state index contributed by atoms with van der Waals surface area (Å²) in [5.41, 5.74) is 0. The van der Waals surface area contributed by atoms with Crippen LogP contribution in [0.2, 0.25) is 0 Å². The highest BCUT2D eigenvalue weighted by Crippen LogP contribution is 2.15. The van der Waals surface area contributed by atoms with Crippen molar-refractivity contribution < 1.29 is 32.9 Å². The molecular formula is C7H13F3O4. The highest BCUT2D eigenvalue weighted by Gasteiger charge is 2.30. The summed E-state index contributed by atoms with van der Waals surface area (Å²) in [6, 6.07) is 0. The summed E-state index contributed by atoms with van der Waals surface area (Å²) in [5, 5.41) is 17.0. The lowest BCUT2D eigenvalue weighted by Gasteiger charge is -2.16. The van der Waals surface area contributed by atoms with E-state index >= 15 is 0 Å². The molecule has 0 amide bonds. The monoisotopic (exact) mass is 218 g/mol. The van der Waals surface area contributed by atoms with Gasteiger partial charge in [-0.1, -0.05) is 0 Å². The second kappa shape index (κ2) is 6.99. The zero-order valence-corrected chi connectivity index (χ0v) is 7.46. The molecule has 0 aliphatic heterocycles. The maximum absolute atomic E-state index is 12.5. The van der Waals surface area contributed by atoms with Crippen molar-refractivity contribution in [3.05, 3.63) is 0 Å². The second-order valence-electron chi connectivity index (χ2n) is 2.53. The van der Waals surface area contributed by atoms with Gasteiger partial charge in [-0.05, 0) is 0 Å². The average molecular weight is 218 g/mol. The molecular weight excluding hydrogens is 205 g/mol. The molecule has 0 saturated heterocycles. The molecule has 0 bridgehead atoms. The number of rotatable bonds is 8. The van der Waals surface area contributed by atoms with Gasteiger partial charge < -0.3 is 19.7 Å². The summed E-state index contributed by atoms with van der Waals surface area (Å²) in [7, 11) is 0. The molecule has 2 N–H and O–H groups in total. The van der Waals surface area contributed by atoms with Gasteiger partial charge in [0.15, 0.2) is 0 Å². The van der Waals surface area contributed by atoms with Crippen molar-refractivity contribution in [2.24, 2.45) is 0 Å². The average Bonchev–Trinajstić information content (AvgIpc) is 2.14. The van der Waals surface area contributed by atoms with Crippen molar-refractivity contribution in [3.63, 3.8) is 0 Å². The first-order valence-electron chi connectivity index (χ1n) is 3.96. The maximum Gasteiger partial charge on any atom is 0.379 e. The number of alkyl halides is 3. The summed E-state index contributed by atoms with van der Waals surface area (Å²) in [4.78, 5) is 0. The molecule has 0 radical (unpaired) electrons. The Hall–Kier alpha value is -0.370. The largest absolute Gasteiger partial charge is 0.394 e. The Morgan fingerprint density at radius 1 is 1.36 bits per heavy atom. The fourth-order valence-corrected chi connectivity index (χ4v) is 0.596. The molecule has 0 saturated carbocycles. The number of halogens is 3. The van der Waals surface area contributed by atoms with Gasteiger partial charge in [0.25, 0.3) is 0 Å². The molecule has 7 heteroatoms. The van der Waals surface area contributed by atoms with Gasteiger partial charge in [-0.25, -0.2) is 4.39 Å². The van der Waals surface area contributed by atoms with Crippen LogP contribution in [0.25, 0.3) is 0 Å². The van der Waals surface area contributed by atoms with Gasteiger partial charge in [0, 0.05) is 0 Å². The molecule has 14 heavy (non-hydrogen) atoms. The Kier molecular flexibility index (Phi) is 6.81. The van der Waals surface area contributed by atoms with E-state index in [-0.39, 0.29) is 0 Å². The van der Waals surface area contributed by atoms with Crippen LogP contribution in [-0.2, 0) is 9.47 Å². The van der Waals surface area contributed by atoms with E-state index in [1.54, 1.807) is 0 Å². The quantitative estimate of drug-likeness (QED) is 0.599. The Bertz CT molecular complexity index is 145. The molecule has 0 heterocycles. The van der Waals surface area contributed by atoms with E-state index in [1.165, 1.54) is 0 Å². The van der Waals surface area contributed by atoms with Crippen molar-refractivity contribution in [1.29, 1.82) is 0 Å². The minimum atomic E-state index is -3.57. The zero-order chi connectivity index (χ0) is 11.0. The smallest absolute Gasteiger partial charge is 0.379 e. The number of aliphatic hydroxyl groups excluding tert-OH is 2. The third kappa shape index (κ3) is 7.07. The second-order valence-corrected chi connectivity index (χ2v) is 2.53. The molecule has 0 aliphatic rings. The zero-order valence-electron chi connectivity index (χ0n) is 7.46. The summed E-state index contributed by atoms with van der Waals surface area (Å²) >= 11 is 0. The van der Waals surface area contributed by atoms with Gasteiger partial charge in [-0.3, -0.25) is 0 Å². The van der Waals surface area contributed by atoms with Crippen LogP contribution in [0.4, 0.5) is 13.2 Å². The lowest BCUT2D eigenvalue weighted by molar-refractivity contribution is -0.267. The van der Waals surface area contributed by atoms with E-state index < -0.39 is 45.3 Å². The molecule has 0 fully saturated rings. The van der Waals surface area contributed by atoms with Crippen molar-refractivity contribution in [2.75, 3.05) is 33.1 Å². The normalized spacial score (nSPS) is 14.4. The van der Waals surface area contributed by atoms with E-state index in [0.717, 1.165) is 0 Å². The van der Waals surface area contributed by atoms with Crippen LogP contribution in [-0.4, -0.2) is 55.5 Å². The van der Waals surface area contributed by atoms with E-state index in [2.05, 4.69) is 9.47 Å². The van der Waals surface area contributed by atoms with Crippen LogP contribution in [0, 0.1) is 0 Å². The minimum Gasteiger partial charge on any atom is -0.394 e. The number of hydrogen-bond donors (Lipinski definition) is 2. The maximum atomic E-state index is 12.5. The first-order valence-corrected chi connectivity index (χ1v) is 3.96. The SMILES string of the molecule is OCC(O)COCC(F)(F)OCCF. The van der Waals surface area contributed by atoms with E-state index in [1.807, 2.05) is 0 Å². The molecule has 0 aromatic heterocycles. The first kappa shape index (κ1) is 13.6. The first-order chi connectivity index (χ1) is 6.52. The van der Waals surface area contributed by atoms with Gasteiger partial charge in [0.2, 0.25) is 0 Å². The molecule has 86 valence electrons. The van der Waals surface area contributed by atoms with Gasteiger partial charge in [-0.15, -0.1) is 0 Å². The third-order valence-electron chi connectivity index (χ3n) is 1.18. The summed E-state index contributed by atoms with van der Waals surface area (Å²) < 4.78 is 44.6. The van der Waals surface area contributed by atoms with Crippen LogP contribution < -0.4 is 0 Å². The summed E-state index contributed by atoms with van der Waals surface area (Å²) in [6.07, 6.45) is -4.77. The van der Waals surface area contributed by atoms with E-state index in [4.69, 9.17) is 10.2 Å². The molecule has 4 nitrogen and oxygen atoms in total. The van der Waals surface area contributed by atoms with Crippen LogP contribution in [0.1, 0.15) is 0 Å². The Morgan fingerprint density at radius 2 is 2.00 bits per heavy atom. The van der Waals surface area contributed by atoms with Gasteiger partial charge >= 0.3 is 6.11 Å². The number of hydrogen-bond acceptors (Lipinski definition) is 4. The molecule has 0 aliphatic carbocycles. The molecule has 0 aromatic rings. The summed E-state index contributed by atoms with van der Waals surface area (Å²) in [5.74, 6) is 0. The molecule has 0 aromatic carbocycles. The predicted octanol–water partition coefficient (Wildman–Crippen LogP) is -0.0649. The van der Waals surface area contributed by atoms with Crippen LogP contribution in [0.5, 0.6) is 0 Å². The van der Waals surface area contributed by atoms with Crippen LogP contribution in [0.15, 0.2) is 0 Å². The van der Waals surface area contributed by atoms with Gasteiger partial charge in [0.05, 0.1) is 19.8 Å². The van der Waals surface area contributed by atoms with E-state index in [9.17, 15) is 13.2 Å². The molecule has 1 unspecified atom stereocenters. The molecule has 0 rings (SSSR count). The van der Waals surface area contributed by atoms with Gasteiger partial charge in [0.1, 0.15) is 19.4 Å². The fraction of sp³-hybridized carbons (Fsp3) is 1.00. The lowest BCUT2D eigenvalue weighted by atomic mass is 10.4. The van der Waals surface area contributed by atoms with E-state index in [0.29, 0.717) is 0 Å². The fourth-order valence-electron chi connectivity index (χ4n) is 0.596. The standard InChI is InChI=1S/C7H13F3O4/c8-1-2-14-7(9,10)5-13-4-6(12)3-11/h6,11-12H,1-5H2. The Morgan fingerprint density at radius 3 is 2.50 bits per heavy atom. The minimum absolute atomic E-state index is 0.426. The topological polar surface area (TPSA) is 58.9 Å². The number of aliphatic hydroxyl groups is 2. The van der Waals surface area contributed by atoms with Crippen molar-refractivity contribution in [3.8, 4) is 0 Å². The Balaban J connectivity index is 3.54. The predicted molar refractivity (Wildman–Crippen MR) is 40.8 cm³/mol. The molecule has 0 spiro atoms. The van der Waals surface area contributed by atoms with Crippen molar-refractivity contribution >= 4 is 0 Å². The van der Waals surface area contributed by atoms with Crippen molar-refractivity contribution in [1.82, 2.24) is 0 Å². The summed E-state index contributed by atoms with van der Waals surface area (Å²) in [6.45, 7) is -3.79. The third-order valence-corrected chi connectivity index (χ3v) is 1.18. The van der Waals surface area contributed by atoms with Gasteiger partial charge in [-0.2, -0.15) is 8.78 Å². The number of ether oxygens (including phenoxy) is 2. The lowest BCUT2D eigenvalue weighted by Crippen LogP contribution is -2.31. The highest BCUT2D eigenvalue weighted by atomic mass is 19.3. The van der Waals surface area contributed by atoms with Crippen LogP contribution in [0.3, 0.4) is 0 Å². The van der Waals surface area contributed by atoms with Crippen LogP contribution >= 0.6 is 0 Å².